The molecule has 0 saturated carbocycles. The highest BCUT2D eigenvalue weighted by Gasteiger charge is 2.20. The second-order valence-electron chi connectivity index (χ2n) is 7.92. The van der Waals surface area contributed by atoms with E-state index in [9.17, 15) is 9.18 Å². The summed E-state index contributed by atoms with van der Waals surface area (Å²) in [6.07, 6.45) is 6.77. The molecule has 0 saturated heterocycles. The molecule has 0 bridgehead atoms. The minimum Gasteiger partial charge on any atom is -0.497 e. The van der Waals surface area contributed by atoms with E-state index in [1.54, 1.807) is 36.2 Å². The molecule has 1 amide bonds. The monoisotopic (exact) mass is 459 g/mol. The molecule has 1 N–H and O–H groups in total. The number of hydrogen-bond acceptors (Lipinski definition) is 4. The Morgan fingerprint density at radius 1 is 1.12 bits per heavy atom. The molecule has 34 heavy (non-hydrogen) atoms. The van der Waals surface area contributed by atoms with Crippen LogP contribution in [0.1, 0.15) is 34.4 Å². The van der Waals surface area contributed by atoms with Gasteiger partial charge in [-0.05, 0) is 61.9 Å². The molecule has 2 heterocycles. The van der Waals surface area contributed by atoms with Gasteiger partial charge in [0.1, 0.15) is 23.4 Å². The summed E-state index contributed by atoms with van der Waals surface area (Å²) in [6, 6.07) is 13.2. The number of nitrogens with zero attached hydrogens (tertiary/aromatic N) is 4. The number of aromatic nitrogens is 4. The van der Waals surface area contributed by atoms with Crippen molar-refractivity contribution in [2.45, 2.75) is 19.9 Å². The summed E-state index contributed by atoms with van der Waals surface area (Å²) in [6.45, 7) is 3.79. The fourth-order valence-electron chi connectivity index (χ4n) is 3.83. The van der Waals surface area contributed by atoms with E-state index >= 15 is 0 Å². The quantitative estimate of drug-likeness (QED) is 0.419. The molecular weight excluding hydrogens is 433 g/mol. The summed E-state index contributed by atoms with van der Waals surface area (Å²) in [5.74, 6) is 0.874. The van der Waals surface area contributed by atoms with Gasteiger partial charge in [-0.3, -0.25) is 4.79 Å². The van der Waals surface area contributed by atoms with Gasteiger partial charge in [-0.2, -0.15) is 5.10 Å². The molecule has 2 aromatic heterocycles. The van der Waals surface area contributed by atoms with Gasteiger partial charge in [-0.15, -0.1) is 0 Å². The summed E-state index contributed by atoms with van der Waals surface area (Å²) >= 11 is 0. The highest BCUT2D eigenvalue weighted by atomic mass is 19.1. The summed E-state index contributed by atoms with van der Waals surface area (Å²) < 4.78 is 22.2. The molecule has 8 heteroatoms. The largest absolute Gasteiger partial charge is 0.497 e. The lowest BCUT2D eigenvalue weighted by Gasteiger charge is -2.18. The van der Waals surface area contributed by atoms with Gasteiger partial charge in [-0.25, -0.2) is 14.1 Å². The van der Waals surface area contributed by atoms with E-state index in [1.807, 2.05) is 55.9 Å². The Labute approximate surface area is 197 Å². The fourth-order valence-corrected chi connectivity index (χ4v) is 3.83. The molecule has 0 aliphatic carbocycles. The lowest BCUT2D eigenvalue weighted by Crippen LogP contribution is -2.29. The molecule has 2 aromatic carbocycles. The summed E-state index contributed by atoms with van der Waals surface area (Å²) in [4.78, 5) is 17.4. The van der Waals surface area contributed by atoms with Crippen molar-refractivity contribution in [3.63, 3.8) is 0 Å². The zero-order valence-corrected chi connectivity index (χ0v) is 19.5. The molecule has 4 aromatic rings. The van der Waals surface area contributed by atoms with E-state index in [4.69, 9.17) is 4.74 Å². The zero-order valence-electron chi connectivity index (χ0n) is 19.5. The maximum Gasteiger partial charge on any atom is 0.244 e. The minimum atomic E-state index is -0.438. The second kappa shape index (κ2) is 9.74. The number of imidazole rings is 1. The van der Waals surface area contributed by atoms with Crippen LogP contribution in [0.2, 0.25) is 0 Å². The number of methoxy groups -OCH3 is 1. The van der Waals surface area contributed by atoms with Crippen LogP contribution in [0.3, 0.4) is 0 Å². The Hall–Kier alpha value is -4.20. The first-order valence-corrected chi connectivity index (χ1v) is 10.8. The zero-order chi connectivity index (χ0) is 24.2. The number of hydrogen-bond donors (Lipinski definition) is 1. The van der Waals surface area contributed by atoms with Crippen LogP contribution in [0.15, 0.2) is 67.0 Å². The molecular formula is C26H26FN5O2. The smallest absolute Gasteiger partial charge is 0.244 e. The third-order valence-corrected chi connectivity index (χ3v) is 5.67. The molecule has 7 nitrogen and oxygen atoms in total. The van der Waals surface area contributed by atoms with E-state index in [0.29, 0.717) is 5.82 Å². The van der Waals surface area contributed by atoms with Gasteiger partial charge in [0.2, 0.25) is 5.91 Å². The number of amides is 1. The molecule has 174 valence electrons. The minimum absolute atomic E-state index is 0.267. The topological polar surface area (TPSA) is 74.0 Å². The number of carbonyl (C=O) groups is 1. The number of halogens is 1. The standard InChI is InChI=1S/C26H26FN5O2/c1-17-23(18(2)32(30-17)21-9-7-20(27)8-10-21)13-14-24(33)29-25(26-28-15-16-31(26)3)19-5-11-22(34-4)12-6-19/h5-16,25H,1-4H3,(H,29,33)/b14-13+. The highest BCUT2D eigenvalue weighted by Crippen LogP contribution is 2.24. The van der Waals surface area contributed by atoms with Crippen molar-refractivity contribution in [3.8, 4) is 11.4 Å². The van der Waals surface area contributed by atoms with Crippen molar-refractivity contribution >= 4 is 12.0 Å². The van der Waals surface area contributed by atoms with E-state index in [0.717, 1.165) is 34.0 Å². The molecule has 0 spiro atoms. The van der Waals surface area contributed by atoms with Gasteiger partial charge in [0.15, 0.2) is 0 Å². The Kier molecular flexibility index (Phi) is 6.58. The van der Waals surface area contributed by atoms with Crippen LogP contribution in [-0.4, -0.2) is 32.3 Å². The van der Waals surface area contributed by atoms with E-state index in [-0.39, 0.29) is 11.7 Å². The van der Waals surface area contributed by atoms with Gasteiger partial charge < -0.3 is 14.6 Å². The first kappa shape index (κ1) is 23.0. The molecule has 0 fully saturated rings. The number of aryl methyl sites for hydroxylation is 2. The van der Waals surface area contributed by atoms with Crippen molar-refractivity contribution in [1.29, 1.82) is 0 Å². The van der Waals surface area contributed by atoms with E-state index in [1.165, 1.54) is 18.2 Å². The predicted octanol–water partition coefficient (Wildman–Crippen LogP) is 4.29. The summed E-state index contributed by atoms with van der Waals surface area (Å²) in [5.41, 5.74) is 4.08. The van der Waals surface area contributed by atoms with Crippen LogP contribution in [0, 0.1) is 19.7 Å². The molecule has 4 rings (SSSR count). The Morgan fingerprint density at radius 2 is 1.82 bits per heavy atom. The summed E-state index contributed by atoms with van der Waals surface area (Å²) in [7, 11) is 3.50. The number of benzene rings is 2. The van der Waals surface area contributed by atoms with Crippen molar-refractivity contribution < 1.29 is 13.9 Å². The highest BCUT2D eigenvalue weighted by molar-refractivity contribution is 5.92. The number of rotatable bonds is 7. The Morgan fingerprint density at radius 3 is 2.44 bits per heavy atom. The fraction of sp³-hybridized carbons (Fsp3) is 0.192. The number of nitrogens with one attached hydrogen (secondary N) is 1. The van der Waals surface area contributed by atoms with Crippen molar-refractivity contribution in [2.24, 2.45) is 7.05 Å². The maximum absolute atomic E-state index is 13.3. The van der Waals surface area contributed by atoms with Crippen LogP contribution >= 0.6 is 0 Å². The molecule has 0 radical (unpaired) electrons. The van der Waals surface area contributed by atoms with Crippen molar-refractivity contribution in [1.82, 2.24) is 24.6 Å². The maximum atomic E-state index is 13.3. The Balaban J connectivity index is 1.58. The van der Waals surface area contributed by atoms with E-state index < -0.39 is 6.04 Å². The van der Waals surface area contributed by atoms with Crippen LogP contribution in [0.5, 0.6) is 5.75 Å². The molecule has 0 aliphatic rings. The van der Waals surface area contributed by atoms with Crippen LogP contribution < -0.4 is 10.1 Å². The second-order valence-corrected chi connectivity index (χ2v) is 7.92. The Bertz CT molecular complexity index is 1320. The predicted molar refractivity (Wildman–Crippen MR) is 128 cm³/mol. The van der Waals surface area contributed by atoms with Gasteiger partial charge in [0.05, 0.1) is 18.5 Å². The van der Waals surface area contributed by atoms with Crippen LogP contribution in [0.25, 0.3) is 11.8 Å². The molecule has 1 unspecified atom stereocenters. The van der Waals surface area contributed by atoms with Gasteiger partial charge in [0, 0.05) is 36.8 Å². The first-order valence-electron chi connectivity index (χ1n) is 10.8. The van der Waals surface area contributed by atoms with Crippen molar-refractivity contribution in [2.75, 3.05) is 7.11 Å². The van der Waals surface area contributed by atoms with E-state index in [2.05, 4.69) is 15.4 Å². The lowest BCUT2D eigenvalue weighted by atomic mass is 10.1. The van der Waals surface area contributed by atoms with Crippen molar-refractivity contribution in [3.05, 3.63) is 101 Å². The third kappa shape index (κ3) is 4.76. The average molecular weight is 460 g/mol. The van der Waals surface area contributed by atoms with Gasteiger partial charge in [0.25, 0.3) is 0 Å². The average Bonchev–Trinajstić information content (AvgIpc) is 3.39. The molecule has 1 atom stereocenters. The number of carbonyl (C=O) groups excluding carboxylic acids is 1. The van der Waals surface area contributed by atoms with Crippen LogP contribution in [0.4, 0.5) is 4.39 Å². The van der Waals surface area contributed by atoms with Gasteiger partial charge in [-0.1, -0.05) is 12.1 Å². The molecule has 0 aliphatic heterocycles. The lowest BCUT2D eigenvalue weighted by molar-refractivity contribution is -0.117. The SMILES string of the molecule is COc1ccc(C(NC(=O)/C=C/c2c(C)nn(-c3ccc(F)cc3)c2C)c2nccn2C)cc1. The first-order chi connectivity index (χ1) is 16.4. The normalized spacial score (nSPS) is 12.1. The van der Waals surface area contributed by atoms with Crippen LogP contribution in [-0.2, 0) is 11.8 Å². The summed E-state index contributed by atoms with van der Waals surface area (Å²) in [5, 5.41) is 7.60. The third-order valence-electron chi connectivity index (χ3n) is 5.67. The number of ether oxygens (including phenoxy) is 1. The van der Waals surface area contributed by atoms with Gasteiger partial charge >= 0.3 is 0 Å².